The van der Waals surface area contributed by atoms with E-state index in [1.807, 2.05) is 30.3 Å². The Hall–Kier alpha value is -1.92. The number of nitrogens with one attached hydrogen (secondary N) is 1. The average molecular weight is 305 g/mol. The number of rotatable bonds is 3. The van der Waals surface area contributed by atoms with Gasteiger partial charge in [-0.25, -0.2) is 5.14 Å². The van der Waals surface area contributed by atoms with Crippen molar-refractivity contribution in [2.75, 3.05) is 4.72 Å². The van der Waals surface area contributed by atoms with Crippen LogP contribution in [0.15, 0.2) is 42.5 Å². The van der Waals surface area contributed by atoms with Crippen molar-refractivity contribution in [1.82, 2.24) is 4.98 Å². The Kier molecular flexibility index (Phi) is 4.02. The molecule has 0 saturated carbocycles. The Labute approximate surface area is 125 Å². The quantitative estimate of drug-likeness (QED) is 0.914. The van der Waals surface area contributed by atoms with E-state index < -0.39 is 10.2 Å². The van der Waals surface area contributed by atoms with E-state index >= 15 is 0 Å². The van der Waals surface area contributed by atoms with Crippen molar-refractivity contribution in [3.63, 3.8) is 0 Å². The molecule has 1 aromatic heterocycles. The molecule has 0 fully saturated rings. The highest BCUT2D eigenvalue weighted by atomic mass is 32.2. The van der Waals surface area contributed by atoms with Gasteiger partial charge >= 0.3 is 0 Å². The summed E-state index contributed by atoms with van der Waals surface area (Å²) in [4.78, 5) is 4.66. The lowest BCUT2D eigenvalue weighted by molar-refractivity contribution is 0.569. The Balaban J connectivity index is 2.31. The smallest absolute Gasteiger partial charge is 0.271 e. The van der Waals surface area contributed by atoms with Gasteiger partial charge in [-0.05, 0) is 24.3 Å². The van der Waals surface area contributed by atoms with Crippen LogP contribution in [0.25, 0.3) is 11.3 Å². The third-order valence-electron chi connectivity index (χ3n) is 2.96. The van der Waals surface area contributed by atoms with Crippen LogP contribution in [0.5, 0.6) is 0 Å². The molecule has 112 valence electrons. The van der Waals surface area contributed by atoms with Crippen LogP contribution in [0.2, 0.25) is 0 Å². The van der Waals surface area contributed by atoms with Crippen LogP contribution in [0.3, 0.4) is 0 Å². The molecule has 0 aliphatic rings. The number of benzene rings is 1. The van der Waals surface area contributed by atoms with Crippen LogP contribution >= 0.6 is 0 Å². The molecule has 2 aromatic rings. The second kappa shape index (κ2) is 5.46. The topological polar surface area (TPSA) is 85.1 Å². The zero-order chi connectivity index (χ0) is 15.7. The fraction of sp³-hybridized carbons (Fsp3) is 0.267. The van der Waals surface area contributed by atoms with E-state index in [9.17, 15) is 8.42 Å². The molecule has 0 saturated heterocycles. The maximum Gasteiger partial charge on any atom is 0.296 e. The van der Waals surface area contributed by atoms with Gasteiger partial charge in [0.2, 0.25) is 0 Å². The van der Waals surface area contributed by atoms with Crippen molar-refractivity contribution in [2.45, 2.75) is 26.2 Å². The summed E-state index contributed by atoms with van der Waals surface area (Å²) in [5, 5.41) is 4.93. The van der Waals surface area contributed by atoms with Crippen molar-refractivity contribution >= 4 is 15.9 Å². The van der Waals surface area contributed by atoms with Gasteiger partial charge in [0.15, 0.2) is 0 Å². The predicted molar refractivity (Wildman–Crippen MR) is 85.1 cm³/mol. The van der Waals surface area contributed by atoms with Crippen LogP contribution in [-0.4, -0.2) is 13.4 Å². The molecular formula is C15H19N3O2S. The molecule has 0 amide bonds. The van der Waals surface area contributed by atoms with Crippen molar-refractivity contribution in [3.8, 4) is 11.3 Å². The zero-order valence-corrected chi connectivity index (χ0v) is 13.1. The first-order chi connectivity index (χ1) is 9.65. The van der Waals surface area contributed by atoms with E-state index in [0.717, 1.165) is 17.0 Å². The number of nitrogens with two attached hydrogens (primary N) is 1. The highest BCUT2D eigenvalue weighted by Gasteiger charge is 2.15. The summed E-state index contributed by atoms with van der Waals surface area (Å²) in [7, 11) is -3.75. The van der Waals surface area contributed by atoms with Crippen molar-refractivity contribution in [2.24, 2.45) is 5.14 Å². The summed E-state index contributed by atoms with van der Waals surface area (Å²) < 4.78 is 24.2. The molecule has 0 radical (unpaired) electrons. The number of hydrogen-bond acceptors (Lipinski definition) is 3. The van der Waals surface area contributed by atoms with E-state index in [1.165, 1.54) is 0 Å². The molecule has 1 heterocycles. The second-order valence-electron chi connectivity index (χ2n) is 5.88. The van der Waals surface area contributed by atoms with Crippen LogP contribution in [-0.2, 0) is 15.6 Å². The monoisotopic (exact) mass is 305 g/mol. The van der Waals surface area contributed by atoms with Gasteiger partial charge in [-0.2, -0.15) is 8.42 Å². The highest BCUT2D eigenvalue weighted by molar-refractivity contribution is 7.90. The minimum absolute atomic E-state index is 0.0227. The largest absolute Gasteiger partial charge is 0.296 e. The third-order valence-corrected chi connectivity index (χ3v) is 3.48. The number of aromatic nitrogens is 1. The Morgan fingerprint density at radius 3 is 2.19 bits per heavy atom. The normalized spacial score (nSPS) is 12.2. The number of pyridine rings is 1. The lowest BCUT2D eigenvalue weighted by atomic mass is 9.91. The lowest BCUT2D eigenvalue weighted by Crippen LogP contribution is -2.21. The maximum atomic E-state index is 11.0. The van der Waals surface area contributed by atoms with Gasteiger partial charge in [0.25, 0.3) is 10.2 Å². The standard InChI is InChI=1S/C15H19N3O2S/c1-15(2,3)14-6-4-5-13(17-14)11-7-9-12(10-8-11)18-21(16,19)20/h4-10,18H,1-3H3,(H2,16,19,20). The molecule has 0 bridgehead atoms. The molecule has 1 aromatic carbocycles. The molecular weight excluding hydrogens is 286 g/mol. The molecule has 6 heteroatoms. The van der Waals surface area contributed by atoms with Crippen LogP contribution < -0.4 is 9.86 Å². The van der Waals surface area contributed by atoms with Gasteiger partial charge in [-0.15, -0.1) is 0 Å². The molecule has 0 aliphatic carbocycles. The predicted octanol–water partition coefficient (Wildman–Crippen LogP) is 2.66. The van der Waals surface area contributed by atoms with Crippen LogP contribution in [0.4, 0.5) is 5.69 Å². The maximum absolute atomic E-state index is 11.0. The van der Waals surface area contributed by atoms with E-state index in [-0.39, 0.29) is 5.41 Å². The molecule has 21 heavy (non-hydrogen) atoms. The van der Waals surface area contributed by atoms with Crippen molar-refractivity contribution in [3.05, 3.63) is 48.2 Å². The van der Waals surface area contributed by atoms with Crippen LogP contribution in [0.1, 0.15) is 26.5 Å². The van der Waals surface area contributed by atoms with Gasteiger partial charge in [0, 0.05) is 22.4 Å². The number of nitrogens with zero attached hydrogens (tertiary/aromatic N) is 1. The van der Waals surface area contributed by atoms with Gasteiger partial charge in [-0.1, -0.05) is 39.0 Å². The molecule has 3 N–H and O–H groups in total. The van der Waals surface area contributed by atoms with Gasteiger partial charge in [0.1, 0.15) is 0 Å². The molecule has 0 atom stereocenters. The lowest BCUT2D eigenvalue weighted by Gasteiger charge is -2.18. The molecule has 0 unspecified atom stereocenters. The molecule has 0 spiro atoms. The first-order valence-corrected chi connectivity index (χ1v) is 8.08. The summed E-state index contributed by atoms with van der Waals surface area (Å²) in [6.45, 7) is 6.33. The minimum Gasteiger partial charge on any atom is -0.271 e. The fourth-order valence-corrected chi connectivity index (χ4v) is 2.35. The number of hydrogen-bond donors (Lipinski definition) is 2. The molecule has 5 nitrogen and oxygen atoms in total. The van der Waals surface area contributed by atoms with Gasteiger partial charge < -0.3 is 0 Å². The second-order valence-corrected chi connectivity index (χ2v) is 7.18. The Bertz CT molecular complexity index is 732. The van der Waals surface area contributed by atoms with Crippen molar-refractivity contribution in [1.29, 1.82) is 0 Å². The Morgan fingerprint density at radius 2 is 1.67 bits per heavy atom. The molecule has 0 aliphatic heterocycles. The van der Waals surface area contributed by atoms with Gasteiger partial charge in [0.05, 0.1) is 5.69 Å². The SMILES string of the molecule is CC(C)(C)c1cccc(-c2ccc(NS(N)(=O)=O)cc2)n1. The Morgan fingerprint density at radius 1 is 1.05 bits per heavy atom. The van der Waals surface area contributed by atoms with Gasteiger partial charge in [-0.3, -0.25) is 9.71 Å². The van der Waals surface area contributed by atoms with E-state index in [0.29, 0.717) is 5.69 Å². The summed E-state index contributed by atoms with van der Waals surface area (Å²) in [5.41, 5.74) is 3.18. The highest BCUT2D eigenvalue weighted by Crippen LogP contribution is 2.25. The van der Waals surface area contributed by atoms with Crippen molar-refractivity contribution < 1.29 is 8.42 Å². The third kappa shape index (κ3) is 4.27. The molecule has 2 rings (SSSR count). The number of anilines is 1. The van der Waals surface area contributed by atoms with E-state index in [1.54, 1.807) is 12.1 Å². The van der Waals surface area contributed by atoms with E-state index in [2.05, 4.69) is 30.5 Å². The summed E-state index contributed by atoms with van der Waals surface area (Å²) in [6, 6.07) is 12.8. The summed E-state index contributed by atoms with van der Waals surface area (Å²) >= 11 is 0. The first-order valence-electron chi connectivity index (χ1n) is 6.54. The zero-order valence-electron chi connectivity index (χ0n) is 12.3. The summed E-state index contributed by atoms with van der Waals surface area (Å²) in [5.74, 6) is 0. The fourth-order valence-electron chi connectivity index (χ4n) is 1.89. The average Bonchev–Trinajstić information content (AvgIpc) is 2.37. The minimum atomic E-state index is -3.75. The first kappa shape index (κ1) is 15.5. The summed E-state index contributed by atoms with van der Waals surface area (Å²) in [6.07, 6.45) is 0. The van der Waals surface area contributed by atoms with Crippen LogP contribution in [0, 0.1) is 0 Å². The van der Waals surface area contributed by atoms with E-state index in [4.69, 9.17) is 5.14 Å².